The van der Waals surface area contributed by atoms with Crippen LogP contribution < -0.4 is 10.6 Å². The highest BCUT2D eigenvalue weighted by molar-refractivity contribution is 5.89. The van der Waals surface area contributed by atoms with E-state index in [1.54, 1.807) is 37.3 Å². The molecule has 0 unspecified atom stereocenters. The van der Waals surface area contributed by atoms with Crippen molar-refractivity contribution in [2.24, 2.45) is 0 Å². The van der Waals surface area contributed by atoms with Crippen molar-refractivity contribution in [1.82, 2.24) is 20.1 Å². The van der Waals surface area contributed by atoms with Crippen molar-refractivity contribution in [3.8, 4) is 0 Å². The average Bonchev–Trinajstić information content (AvgIpc) is 3.24. The number of benzene rings is 1. The first-order valence-corrected chi connectivity index (χ1v) is 8.56. The van der Waals surface area contributed by atoms with Gasteiger partial charge in [-0.3, -0.25) is 0 Å². The summed E-state index contributed by atoms with van der Waals surface area (Å²) in [6.07, 6.45) is 5.04. The van der Waals surface area contributed by atoms with Crippen molar-refractivity contribution in [3.63, 3.8) is 0 Å². The van der Waals surface area contributed by atoms with Gasteiger partial charge in [-0.05, 0) is 37.1 Å². The first kappa shape index (κ1) is 17.7. The molecular weight excluding hydrogens is 334 g/mol. The number of esters is 1. The van der Waals surface area contributed by atoms with E-state index < -0.39 is 0 Å². The van der Waals surface area contributed by atoms with Gasteiger partial charge in [0.05, 0.1) is 13.2 Å². The first-order chi connectivity index (χ1) is 12.7. The SMILES string of the molecule is CCOC(=O)/C=C\c1ccc(NC(=O)NCc2nnc3n2CCC3)cc1. The van der Waals surface area contributed by atoms with Crippen LogP contribution in [0.2, 0.25) is 0 Å². The molecule has 2 N–H and O–H groups in total. The molecule has 0 aliphatic carbocycles. The normalized spacial score (nSPS) is 12.8. The topological polar surface area (TPSA) is 98.1 Å². The fraction of sp³-hybridized carbons (Fsp3) is 0.333. The Morgan fingerprint density at radius 2 is 2.08 bits per heavy atom. The summed E-state index contributed by atoms with van der Waals surface area (Å²) in [5, 5.41) is 13.8. The number of rotatable bonds is 6. The molecule has 1 aromatic carbocycles. The molecule has 0 radical (unpaired) electrons. The van der Waals surface area contributed by atoms with Crippen molar-refractivity contribution in [2.45, 2.75) is 32.9 Å². The van der Waals surface area contributed by atoms with Crippen LogP contribution in [0, 0.1) is 0 Å². The molecule has 0 fully saturated rings. The lowest BCUT2D eigenvalue weighted by molar-refractivity contribution is -0.137. The number of carbonyl (C=O) groups excluding carboxylic acids is 2. The Morgan fingerprint density at radius 3 is 2.85 bits per heavy atom. The largest absolute Gasteiger partial charge is 0.463 e. The fourth-order valence-electron chi connectivity index (χ4n) is 2.71. The molecular formula is C18H21N5O3. The van der Waals surface area contributed by atoms with Crippen molar-refractivity contribution in [3.05, 3.63) is 47.6 Å². The van der Waals surface area contributed by atoms with Crippen molar-refractivity contribution in [1.29, 1.82) is 0 Å². The highest BCUT2D eigenvalue weighted by atomic mass is 16.5. The van der Waals surface area contributed by atoms with Crippen LogP contribution in [0.5, 0.6) is 0 Å². The second kappa shape index (κ2) is 8.28. The Hall–Kier alpha value is -3.16. The zero-order valence-corrected chi connectivity index (χ0v) is 14.6. The zero-order valence-electron chi connectivity index (χ0n) is 14.6. The predicted molar refractivity (Wildman–Crippen MR) is 96.3 cm³/mol. The lowest BCUT2D eigenvalue weighted by Crippen LogP contribution is -2.29. The van der Waals surface area contributed by atoms with E-state index in [0.29, 0.717) is 18.8 Å². The van der Waals surface area contributed by atoms with Gasteiger partial charge in [0, 0.05) is 24.7 Å². The third-order valence-corrected chi connectivity index (χ3v) is 3.96. The number of hydrogen-bond acceptors (Lipinski definition) is 5. The number of hydrogen-bond donors (Lipinski definition) is 2. The second-order valence-corrected chi connectivity index (χ2v) is 5.80. The summed E-state index contributed by atoms with van der Waals surface area (Å²) in [6.45, 7) is 3.34. The number of aromatic nitrogens is 3. The molecule has 8 nitrogen and oxygen atoms in total. The highest BCUT2D eigenvalue weighted by Gasteiger charge is 2.17. The number of nitrogens with zero attached hydrogens (tertiary/aromatic N) is 3. The van der Waals surface area contributed by atoms with E-state index in [2.05, 4.69) is 20.8 Å². The van der Waals surface area contributed by atoms with Gasteiger partial charge in [0.2, 0.25) is 0 Å². The van der Waals surface area contributed by atoms with E-state index in [0.717, 1.165) is 36.6 Å². The van der Waals surface area contributed by atoms with Gasteiger partial charge in [-0.1, -0.05) is 12.1 Å². The minimum absolute atomic E-state index is 0.310. The van der Waals surface area contributed by atoms with E-state index >= 15 is 0 Å². The Balaban J connectivity index is 1.49. The van der Waals surface area contributed by atoms with Gasteiger partial charge < -0.3 is 19.9 Å². The number of ether oxygens (including phenoxy) is 1. The molecule has 1 aliphatic rings. The Bertz CT molecular complexity index is 811. The molecule has 3 rings (SSSR count). The Kier molecular flexibility index (Phi) is 5.62. The van der Waals surface area contributed by atoms with E-state index in [1.165, 1.54) is 6.08 Å². The van der Waals surface area contributed by atoms with E-state index in [4.69, 9.17) is 4.74 Å². The highest BCUT2D eigenvalue weighted by Crippen LogP contribution is 2.14. The lowest BCUT2D eigenvalue weighted by atomic mass is 10.2. The van der Waals surface area contributed by atoms with Crippen molar-refractivity contribution in [2.75, 3.05) is 11.9 Å². The van der Waals surface area contributed by atoms with E-state index in [9.17, 15) is 9.59 Å². The summed E-state index contributed by atoms with van der Waals surface area (Å²) in [6, 6.07) is 6.82. The minimum atomic E-state index is -0.381. The maximum Gasteiger partial charge on any atom is 0.330 e. The number of urea groups is 1. The summed E-state index contributed by atoms with van der Waals surface area (Å²) in [5.41, 5.74) is 1.49. The number of fused-ring (bicyclic) bond motifs is 1. The van der Waals surface area contributed by atoms with Crippen LogP contribution >= 0.6 is 0 Å². The molecule has 0 atom stereocenters. The smallest absolute Gasteiger partial charge is 0.330 e. The van der Waals surface area contributed by atoms with E-state index in [1.807, 2.05) is 4.57 Å². The summed E-state index contributed by atoms with van der Waals surface area (Å²) in [7, 11) is 0. The molecule has 2 aromatic rings. The number of carbonyl (C=O) groups is 2. The molecule has 136 valence electrons. The first-order valence-electron chi connectivity index (χ1n) is 8.56. The van der Waals surface area contributed by atoms with Crippen LogP contribution in [0.15, 0.2) is 30.3 Å². The van der Waals surface area contributed by atoms with Crippen LogP contribution in [0.25, 0.3) is 6.08 Å². The van der Waals surface area contributed by atoms with Gasteiger partial charge in [-0.2, -0.15) is 0 Å². The van der Waals surface area contributed by atoms with Gasteiger partial charge in [0.15, 0.2) is 5.82 Å². The summed E-state index contributed by atoms with van der Waals surface area (Å²) >= 11 is 0. The van der Waals surface area contributed by atoms with Crippen molar-refractivity contribution < 1.29 is 14.3 Å². The fourth-order valence-corrected chi connectivity index (χ4v) is 2.71. The third-order valence-electron chi connectivity index (χ3n) is 3.96. The van der Waals surface area contributed by atoms with Gasteiger partial charge in [0.1, 0.15) is 5.82 Å². The predicted octanol–water partition coefficient (Wildman–Crippen LogP) is 2.12. The maximum absolute atomic E-state index is 12.0. The number of amides is 2. The molecule has 0 spiro atoms. The summed E-state index contributed by atoms with van der Waals surface area (Å²) in [5.74, 6) is 1.37. The molecule has 1 aromatic heterocycles. The summed E-state index contributed by atoms with van der Waals surface area (Å²) < 4.78 is 6.87. The molecule has 0 bridgehead atoms. The van der Waals surface area contributed by atoms with Gasteiger partial charge in [-0.25, -0.2) is 9.59 Å². The molecule has 2 amide bonds. The standard InChI is InChI=1S/C18H21N5O3/c1-2-26-17(24)10-7-13-5-8-14(9-6-13)20-18(25)19-12-16-22-21-15-4-3-11-23(15)16/h5-10H,2-4,11-12H2,1H3,(H2,19,20,25)/b10-7-. The number of aryl methyl sites for hydroxylation is 1. The molecule has 1 aliphatic heterocycles. The molecule has 0 saturated heterocycles. The van der Waals surface area contributed by atoms with Gasteiger partial charge >= 0.3 is 12.0 Å². The molecule has 2 heterocycles. The van der Waals surface area contributed by atoms with Crippen LogP contribution in [0.4, 0.5) is 10.5 Å². The quantitative estimate of drug-likeness (QED) is 0.611. The monoisotopic (exact) mass is 355 g/mol. The minimum Gasteiger partial charge on any atom is -0.463 e. The summed E-state index contributed by atoms with van der Waals surface area (Å²) in [4.78, 5) is 23.3. The third kappa shape index (κ3) is 4.47. The average molecular weight is 355 g/mol. The van der Waals surface area contributed by atoms with E-state index in [-0.39, 0.29) is 12.0 Å². The molecule has 0 saturated carbocycles. The van der Waals surface area contributed by atoms with Crippen LogP contribution in [0.3, 0.4) is 0 Å². The Morgan fingerprint density at radius 1 is 1.27 bits per heavy atom. The van der Waals surface area contributed by atoms with Gasteiger partial charge in [-0.15, -0.1) is 10.2 Å². The zero-order chi connectivity index (χ0) is 18.4. The van der Waals surface area contributed by atoms with Crippen LogP contribution in [0.1, 0.15) is 30.6 Å². The van der Waals surface area contributed by atoms with Crippen LogP contribution in [-0.2, 0) is 29.0 Å². The number of anilines is 1. The maximum atomic E-state index is 12.0. The molecule has 26 heavy (non-hydrogen) atoms. The van der Waals surface area contributed by atoms with Gasteiger partial charge in [0.25, 0.3) is 0 Å². The second-order valence-electron chi connectivity index (χ2n) is 5.80. The van der Waals surface area contributed by atoms with Crippen LogP contribution in [-0.4, -0.2) is 33.4 Å². The molecule has 8 heteroatoms. The van der Waals surface area contributed by atoms with Crippen molar-refractivity contribution >= 4 is 23.8 Å². The lowest BCUT2D eigenvalue weighted by Gasteiger charge is -2.08. The number of nitrogens with one attached hydrogen (secondary N) is 2. The Labute approximate surface area is 151 Å².